The summed E-state index contributed by atoms with van der Waals surface area (Å²) in [4.78, 5) is 0. The molecule has 1 saturated carbocycles. The normalized spacial score (nSPS) is 20.2. The third-order valence-electron chi connectivity index (χ3n) is 3.43. The third kappa shape index (κ3) is 4.96. The molecule has 3 heteroatoms. The van der Waals surface area contributed by atoms with Gasteiger partial charge in [0, 0.05) is 19.8 Å². The van der Waals surface area contributed by atoms with Crippen LogP contribution >= 0.6 is 0 Å². The molecule has 0 aromatic rings. The third-order valence-corrected chi connectivity index (χ3v) is 3.43. The molecule has 0 heterocycles. The van der Waals surface area contributed by atoms with Crippen LogP contribution in [0.5, 0.6) is 0 Å². The van der Waals surface area contributed by atoms with Crippen molar-refractivity contribution in [1.29, 1.82) is 0 Å². The maximum absolute atomic E-state index is 5.39. The highest BCUT2D eigenvalue weighted by Crippen LogP contribution is 2.47. The molecule has 0 aliphatic heterocycles. The Bertz CT molecular complexity index is 169. The van der Waals surface area contributed by atoms with E-state index in [0.29, 0.717) is 24.7 Å². The Morgan fingerprint density at radius 3 is 2.60 bits per heavy atom. The predicted octanol–water partition coefficient (Wildman–Crippen LogP) is 1.82. The fourth-order valence-electron chi connectivity index (χ4n) is 1.61. The minimum absolute atomic E-state index is 0.580. The second kappa shape index (κ2) is 6.46. The molecule has 1 N–H and O–H groups in total. The van der Waals surface area contributed by atoms with Gasteiger partial charge in [0.2, 0.25) is 0 Å². The van der Waals surface area contributed by atoms with E-state index in [1.54, 1.807) is 7.11 Å². The number of hydrogen-bond donors (Lipinski definition) is 1. The molecule has 0 aromatic carbocycles. The van der Waals surface area contributed by atoms with Gasteiger partial charge in [-0.1, -0.05) is 6.92 Å². The van der Waals surface area contributed by atoms with Gasteiger partial charge in [-0.25, -0.2) is 0 Å². The average Bonchev–Trinajstić information content (AvgIpc) is 2.96. The summed E-state index contributed by atoms with van der Waals surface area (Å²) in [5, 5.41) is 3.56. The Morgan fingerprint density at radius 2 is 2.00 bits per heavy atom. The van der Waals surface area contributed by atoms with Gasteiger partial charge >= 0.3 is 0 Å². The summed E-state index contributed by atoms with van der Waals surface area (Å²) in [7, 11) is 1.70. The first-order valence-corrected chi connectivity index (χ1v) is 5.99. The van der Waals surface area contributed by atoms with Crippen LogP contribution in [0.15, 0.2) is 0 Å². The summed E-state index contributed by atoms with van der Waals surface area (Å²) < 4.78 is 10.3. The zero-order chi connectivity index (χ0) is 11.1. The average molecular weight is 215 g/mol. The zero-order valence-corrected chi connectivity index (χ0v) is 10.3. The van der Waals surface area contributed by atoms with Crippen molar-refractivity contribution >= 4 is 0 Å². The first kappa shape index (κ1) is 12.9. The first-order valence-electron chi connectivity index (χ1n) is 5.99. The molecule has 90 valence electrons. The van der Waals surface area contributed by atoms with Crippen LogP contribution in [-0.4, -0.2) is 39.5 Å². The molecule has 0 bridgehead atoms. The van der Waals surface area contributed by atoms with E-state index in [1.165, 1.54) is 12.8 Å². The van der Waals surface area contributed by atoms with Crippen LogP contribution in [0, 0.1) is 5.41 Å². The molecule has 1 atom stereocenters. The van der Waals surface area contributed by atoms with Gasteiger partial charge in [0.25, 0.3) is 0 Å². The van der Waals surface area contributed by atoms with E-state index in [4.69, 9.17) is 9.47 Å². The summed E-state index contributed by atoms with van der Waals surface area (Å²) in [5.74, 6) is 0. The van der Waals surface area contributed by atoms with E-state index < -0.39 is 0 Å². The molecule has 1 fully saturated rings. The van der Waals surface area contributed by atoms with Crippen LogP contribution in [0.3, 0.4) is 0 Å². The first-order chi connectivity index (χ1) is 7.19. The lowest BCUT2D eigenvalue weighted by Crippen LogP contribution is -2.34. The quantitative estimate of drug-likeness (QED) is 0.595. The van der Waals surface area contributed by atoms with Crippen molar-refractivity contribution in [2.75, 3.05) is 33.5 Å². The number of methoxy groups -OCH3 is 1. The summed E-state index contributed by atoms with van der Waals surface area (Å²) in [6.07, 6.45) is 3.85. The summed E-state index contributed by atoms with van der Waals surface area (Å²) in [6, 6.07) is 0.650. The van der Waals surface area contributed by atoms with E-state index in [1.807, 2.05) is 0 Å². The van der Waals surface area contributed by atoms with Crippen LogP contribution in [0.4, 0.5) is 0 Å². The van der Waals surface area contributed by atoms with Crippen molar-refractivity contribution in [2.45, 2.75) is 39.2 Å². The number of ether oxygens (including phenoxy) is 2. The van der Waals surface area contributed by atoms with Gasteiger partial charge in [-0.3, -0.25) is 0 Å². The van der Waals surface area contributed by atoms with Gasteiger partial charge in [-0.15, -0.1) is 0 Å². The number of hydrogen-bond acceptors (Lipinski definition) is 3. The monoisotopic (exact) mass is 215 g/mol. The summed E-state index contributed by atoms with van der Waals surface area (Å²) >= 11 is 0. The molecule has 1 aliphatic rings. The van der Waals surface area contributed by atoms with Crippen LogP contribution in [-0.2, 0) is 9.47 Å². The summed E-state index contributed by atoms with van der Waals surface area (Å²) in [5.41, 5.74) is 0.580. The van der Waals surface area contributed by atoms with Crippen LogP contribution < -0.4 is 5.32 Å². The van der Waals surface area contributed by atoms with Crippen LogP contribution in [0.2, 0.25) is 0 Å². The van der Waals surface area contributed by atoms with Crippen LogP contribution in [0.1, 0.15) is 33.1 Å². The smallest absolute Gasteiger partial charge is 0.0700 e. The highest BCUT2D eigenvalue weighted by molar-refractivity contribution is 4.96. The van der Waals surface area contributed by atoms with E-state index in [-0.39, 0.29) is 0 Å². The molecular formula is C12H25NO2. The fourth-order valence-corrected chi connectivity index (χ4v) is 1.61. The molecule has 0 saturated heterocycles. The summed E-state index contributed by atoms with van der Waals surface area (Å²) in [6.45, 7) is 7.95. The molecule has 0 radical (unpaired) electrons. The predicted molar refractivity (Wildman–Crippen MR) is 62.1 cm³/mol. The number of nitrogens with one attached hydrogen (secondary N) is 1. The van der Waals surface area contributed by atoms with E-state index in [0.717, 1.165) is 19.6 Å². The lowest BCUT2D eigenvalue weighted by molar-refractivity contribution is 0.0690. The van der Waals surface area contributed by atoms with Gasteiger partial charge in [-0.2, -0.15) is 0 Å². The van der Waals surface area contributed by atoms with Gasteiger partial charge in [0.1, 0.15) is 0 Å². The highest BCUT2D eigenvalue weighted by Gasteiger charge is 2.41. The van der Waals surface area contributed by atoms with Gasteiger partial charge in [0.05, 0.1) is 13.2 Å². The Kier molecular flexibility index (Phi) is 5.58. The molecule has 1 aliphatic carbocycles. The Morgan fingerprint density at radius 1 is 1.27 bits per heavy atom. The molecule has 0 spiro atoms. The minimum Gasteiger partial charge on any atom is -0.382 e. The SMILES string of the molecule is COCCOCCCNC(C)C1(C)CC1. The minimum atomic E-state index is 0.580. The highest BCUT2D eigenvalue weighted by atomic mass is 16.5. The molecule has 15 heavy (non-hydrogen) atoms. The second-order valence-electron chi connectivity index (χ2n) is 4.79. The van der Waals surface area contributed by atoms with Crippen molar-refractivity contribution < 1.29 is 9.47 Å². The molecule has 1 rings (SSSR count). The van der Waals surface area contributed by atoms with Crippen molar-refractivity contribution in [1.82, 2.24) is 5.32 Å². The molecular weight excluding hydrogens is 190 g/mol. The maximum Gasteiger partial charge on any atom is 0.0700 e. The topological polar surface area (TPSA) is 30.5 Å². The van der Waals surface area contributed by atoms with E-state index in [9.17, 15) is 0 Å². The number of rotatable bonds is 9. The standard InChI is InChI=1S/C12H25NO2/c1-11(12(2)5-6-12)13-7-4-8-15-10-9-14-3/h11,13H,4-10H2,1-3H3. The van der Waals surface area contributed by atoms with Gasteiger partial charge in [-0.05, 0) is 38.1 Å². The van der Waals surface area contributed by atoms with Crippen molar-refractivity contribution in [2.24, 2.45) is 5.41 Å². The van der Waals surface area contributed by atoms with Gasteiger partial charge in [0.15, 0.2) is 0 Å². The molecule has 3 nitrogen and oxygen atoms in total. The Hall–Kier alpha value is -0.120. The maximum atomic E-state index is 5.39. The van der Waals surface area contributed by atoms with Crippen molar-refractivity contribution in [3.8, 4) is 0 Å². The molecule has 0 aromatic heterocycles. The largest absolute Gasteiger partial charge is 0.382 e. The fraction of sp³-hybridized carbons (Fsp3) is 1.00. The van der Waals surface area contributed by atoms with E-state index in [2.05, 4.69) is 19.2 Å². The molecule has 1 unspecified atom stereocenters. The van der Waals surface area contributed by atoms with E-state index >= 15 is 0 Å². The van der Waals surface area contributed by atoms with Crippen molar-refractivity contribution in [3.63, 3.8) is 0 Å². The lowest BCUT2D eigenvalue weighted by atomic mass is 10.0. The zero-order valence-electron chi connectivity index (χ0n) is 10.3. The Balaban J connectivity index is 1.84. The molecule has 0 amide bonds. The lowest BCUT2D eigenvalue weighted by Gasteiger charge is -2.20. The van der Waals surface area contributed by atoms with Crippen LogP contribution in [0.25, 0.3) is 0 Å². The Labute approximate surface area is 93.5 Å². The van der Waals surface area contributed by atoms with Crippen molar-refractivity contribution in [3.05, 3.63) is 0 Å². The second-order valence-corrected chi connectivity index (χ2v) is 4.79. The van der Waals surface area contributed by atoms with Gasteiger partial charge < -0.3 is 14.8 Å².